The first-order chi connectivity index (χ1) is 18.8. The van der Waals surface area contributed by atoms with Gasteiger partial charge in [-0.05, 0) is 73.6 Å². The summed E-state index contributed by atoms with van der Waals surface area (Å²) >= 11 is 5.76. The van der Waals surface area contributed by atoms with Crippen molar-refractivity contribution in [1.29, 1.82) is 0 Å². The second-order valence-corrected chi connectivity index (χ2v) is 9.90. The fourth-order valence-electron chi connectivity index (χ4n) is 4.90. The average molecular weight is 541 g/mol. The Balaban J connectivity index is 1.46. The van der Waals surface area contributed by atoms with Crippen LogP contribution in [0.15, 0.2) is 85.2 Å². The summed E-state index contributed by atoms with van der Waals surface area (Å²) in [5, 5.41) is 18.4. The maximum Gasteiger partial charge on any atom is 0.271 e. The van der Waals surface area contributed by atoms with Crippen LogP contribution in [-0.4, -0.2) is 36.9 Å². The molecular formula is C29H28N6O3S. The van der Waals surface area contributed by atoms with E-state index in [4.69, 9.17) is 12.2 Å². The fraction of sp³-hybridized carbons (Fsp3) is 0.207. The van der Waals surface area contributed by atoms with Gasteiger partial charge in [0.1, 0.15) is 0 Å². The molecule has 0 bridgehead atoms. The third-order valence-electron chi connectivity index (χ3n) is 6.85. The Morgan fingerprint density at radius 1 is 1.10 bits per heavy atom. The summed E-state index contributed by atoms with van der Waals surface area (Å²) in [5.41, 5.74) is 5.20. The Kier molecular flexibility index (Phi) is 7.38. The van der Waals surface area contributed by atoms with Gasteiger partial charge in [-0.1, -0.05) is 24.3 Å². The predicted molar refractivity (Wildman–Crippen MR) is 154 cm³/mol. The lowest BCUT2D eigenvalue weighted by molar-refractivity contribution is -0.384. The fourth-order valence-corrected chi connectivity index (χ4v) is 5.23. The van der Waals surface area contributed by atoms with Crippen LogP contribution in [0.4, 0.5) is 11.4 Å². The molecule has 1 aliphatic rings. The Hall–Kier alpha value is -4.57. The maximum absolute atomic E-state index is 13.0. The second-order valence-electron chi connectivity index (χ2n) is 9.52. The Morgan fingerprint density at radius 2 is 1.95 bits per heavy atom. The van der Waals surface area contributed by atoms with Gasteiger partial charge in [0.25, 0.3) is 5.69 Å². The van der Waals surface area contributed by atoms with Crippen LogP contribution in [-0.2, 0) is 4.79 Å². The molecule has 2 N–H and O–H groups in total. The SMILES string of the molecule is Cc1ccc(C)c(NC(=O)CCN2C(=S)N[C@H](c3ccccn3)[C@H]2c2cccn2-c2cccc([N+](=O)[O-])c2)c1. The molecule has 1 fully saturated rings. The number of benzene rings is 2. The van der Waals surface area contributed by atoms with Gasteiger partial charge in [-0.3, -0.25) is 19.9 Å². The molecule has 2 aromatic heterocycles. The van der Waals surface area contributed by atoms with Crippen molar-refractivity contribution in [2.45, 2.75) is 32.4 Å². The molecule has 4 aromatic rings. The van der Waals surface area contributed by atoms with Gasteiger partial charge in [0.2, 0.25) is 5.91 Å². The molecule has 198 valence electrons. The van der Waals surface area contributed by atoms with E-state index >= 15 is 0 Å². The van der Waals surface area contributed by atoms with Crippen LogP contribution in [0.1, 0.15) is 41.0 Å². The van der Waals surface area contributed by atoms with Crippen molar-refractivity contribution in [3.63, 3.8) is 0 Å². The minimum atomic E-state index is -0.406. The monoisotopic (exact) mass is 540 g/mol. The average Bonchev–Trinajstić information content (AvgIpc) is 3.54. The van der Waals surface area contributed by atoms with E-state index in [1.54, 1.807) is 18.3 Å². The molecule has 39 heavy (non-hydrogen) atoms. The first kappa shape index (κ1) is 26.1. The standard InChI is InChI=1S/C29H28N6O3S/c1-19-11-12-20(2)24(17-19)31-26(36)13-16-34-28(27(32-29(34)39)23-9-3-4-14-30-23)25-10-6-15-33(25)21-7-5-8-22(18-21)35(37)38/h3-12,14-15,17-18,27-28H,13,16H2,1-2H3,(H,31,36)(H,32,39)/t27-,28-/m1/s1. The van der Waals surface area contributed by atoms with E-state index in [2.05, 4.69) is 15.6 Å². The highest BCUT2D eigenvalue weighted by Gasteiger charge is 2.41. The Morgan fingerprint density at radius 3 is 2.72 bits per heavy atom. The second kappa shape index (κ2) is 11.0. The number of hydrogen-bond donors (Lipinski definition) is 2. The topological polar surface area (TPSA) is 105 Å². The number of nitrogens with one attached hydrogen (secondary N) is 2. The summed E-state index contributed by atoms with van der Waals surface area (Å²) in [5.74, 6) is -0.111. The molecule has 0 spiro atoms. The smallest absolute Gasteiger partial charge is 0.271 e. The number of carbonyl (C=O) groups excluding carboxylic acids is 1. The van der Waals surface area contributed by atoms with E-state index in [0.29, 0.717) is 17.3 Å². The maximum atomic E-state index is 13.0. The number of hydrogen-bond acceptors (Lipinski definition) is 5. The molecule has 5 rings (SSSR count). The van der Waals surface area contributed by atoms with Gasteiger partial charge >= 0.3 is 0 Å². The number of aryl methyl sites for hydroxylation is 2. The van der Waals surface area contributed by atoms with E-state index in [1.165, 1.54) is 6.07 Å². The zero-order valence-corrected chi connectivity index (χ0v) is 22.4. The largest absolute Gasteiger partial charge is 0.352 e. The molecule has 10 heteroatoms. The highest BCUT2D eigenvalue weighted by atomic mass is 32.1. The minimum Gasteiger partial charge on any atom is -0.352 e. The summed E-state index contributed by atoms with van der Waals surface area (Å²) in [6.45, 7) is 4.32. The molecular weight excluding hydrogens is 512 g/mol. The number of nitrogens with zero attached hydrogens (tertiary/aromatic N) is 4. The van der Waals surface area contributed by atoms with Gasteiger partial charge in [-0.15, -0.1) is 0 Å². The van der Waals surface area contributed by atoms with E-state index < -0.39 is 4.92 Å². The van der Waals surface area contributed by atoms with Crippen molar-refractivity contribution < 1.29 is 9.72 Å². The molecule has 0 aliphatic carbocycles. The molecule has 2 aromatic carbocycles. The lowest BCUT2D eigenvalue weighted by Crippen LogP contribution is -2.33. The van der Waals surface area contributed by atoms with E-state index in [-0.39, 0.29) is 30.1 Å². The zero-order chi connectivity index (χ0) is 27.5. The number of thiocarbonyl (C=S) groups is 1. The molecule has 3 heterocycles. The lowest BCUT2D eigenvalue weighted by Gasteiger charge is -2.28. The number of pyridine rings is 1. The molecule has 0 radical (unpaired) electrons. The molecule has 0 unspecified atom stereocenters. The highest BCUT2D eigenvalue weighted by Crippen LogP contribution is 2.39. The number of rotatable bonds is 8. The van der Waals surface area contributed by atoms with Crippen molar-refractivity contribution in [1.82, 2.24) is 19.8 Å². The van der Waals surface area contributed by atoms with Gasteiger partial charge < -0.3 is 20.1 Å². The first-order valence-electron chi connectivity index (χ1n) is 12.6. The quantitative estimate of drug-likeness (QED) is 0.175. The Bertz CT molecular complexity index is 1540. The van der Waals surface area contributed by atoms with Gasteiger partial charge in [-0.2, -0.15) is 0 Å². The van der Waals surface area contributed by atoms with Crippen molar-refractivity contribution in [3.8, 4) is 5.69 Å². The predicted octanol–water partition coefficient (Wildman–Crippen LogP) is 5.40. The van der Waals surface area contributed by atoms with E-state index in [9.17, 15) is 14.9 Å². The van der Waals surface area contributed by atoms with Crippen LogP contribution in [0, 0.1) is 24.0 Å². The number of aromatic nitrogens is 2. The summed E-state index contributed by atoms with van der Waals surface area (Å²) in [6, 6.07) is 21.5. The van der Waals surface area contributed by atoms with E-state index in [1.807, 2.05) is 84.1 Å². The lowest BCUT2D eigenvalue weighted by atomic mass is 10.0. The summed E-state index contributed by atoms with van der Waals surface area (Å²) in [4.78, 5) is 30.6. The number of amides is 1. The van der Waals surface area contributed by atoms with Gasteiger partial charge in [-0.25, -0.2) is 0 Å². The van der Waals surface area contributed by atoms with Crippen LogP contribution < -0.4 is 10.6 Å². The minimum absolute atomic E-state index is 0.00784. The van der Waals surface area contributed by atoms with Gasteiger partial charge in [0, 0.05) is 48.9 Å². The molecule has 1 aliphatic heterocycles. The number of nitro groups is 1. The third-order valence-corrected chi connectivity index (χ3v) is 7.20. The molecule has 9 nitrogen and oxygen atoms in total. The van der Waals surface area contributed by atoms with Crippen molar-refractivity contribution in [2.75, 3.05) is 11.9 Å². The van der Waals surface area contributed by atoms with Crippen molar-refractivity contribution >= 4 is 34.6 Å². The summed E-state index contributed by atoms with van der Waals surface area (Å²) in [6.07, 6.45) is 3.83. The van der Waals surface area contributed by atoms with Gasteiger partial charge in [0.05, 0.1) is 28.4 Å². The molecule has 1 saturated heterocycles. The molecule has 0 saturated carbocycles. The normalized spacial score (nSPS) is 16.7. The summed E-state index contributed by atoms with van der Waals surface area (Å²) in [7, 11) is 0. The van der Waals surface area contributed by atoms with Crippen molar-refractivity contribution in [2.24, 2.45) is 0 Å². The Labute approximate surface area is 231 Å². The number of anilines is 1. The van der Waals surface area contributed by atoms with Gasteiger partial charge in [0.15, 0.2) is 5.11 Å². The van der Waals surface area contributed by atoms with Crippen LogP contribution in [0.25, 0.3) is 5.69 Å². The van der Waals surface area contributed by atoms with Crippen LogP contribution >= 0.6 is 12.2 Å². The van der Waals surface area contributed by atoms with Crippen LogP contribution in [0.5, 0.6) is 0 Å². The van der Waals surface area contributed by atoms with Crippen molar-refractivity contribution in [3.05, 3.63) is 118 Å². The molecule has 2 atom stereocenters. The first-order valence-corrected chi connectivity index (χ1v) is 13.0. The van der Waals surface area contributed by atoms with Crippen LogP contribution in [0.3, 0.4) is 0 Å². The third kappa shape index (κ3) is 5.51. The highest BCUT2D eigenvalue weighted by molar-refractivity contribution is 7.80. The number of non-ortho nitro benzene ring substituents is 1. The number of nitro benzene ring substituents is 1. The van der Waals surface area contributed by atoms with Crippen LogP contribution in [0.2, 0.25) is 0 Å². The summed E-state index contributed by atoms with van der Waals surface area (Å²) < 4.78 is 1.92. The number of carbonyl (C=O) groups is 1. The molecule has 1 amide bonds. The van der Waals surface area contributed by atoms with E-state index in [0.717, 1.165) is 28.2 Å². The zero-order valence-electron chi connectivity index (χ0n) is 21.6.